The fourth-order valence-corrected chi connectivity index (χ4v) is 2.95. The average Bonchev–Trinajstić information content (AvgIpc) is 2.64. The van der Waals surface area contributed by atoms with Gasteiger partial charge in [-0.2, -0.15) is 13.2 Å². The van der Waals surface area contributed by atoms with E-state index in [-0.39, 0.29) is 30.7 Å². The molecule has 0 saturated heterocycles. The lowest BCUT2D eigenvalue weighted by Crippen LogP contribution is -2.37. The minimum absolute atomic E-state index is 0.144. The van der Waals surface area contributed by atoms with Crippen molar-refractivity contribution in [3.05, 3.63) is 23.3 Å². The van der Waals surface area contributed by atoms with Crippen molar-refractivity contribution < 1.29 is 32.9 Å². The molecule has 1 aromatic carbocycles. The number of aromatic hydroxyl groups is 1. The van der Waals surface area contributed by atoms with E-state index in [9.17, 15) is 28.2 Å². The molecule has 0 heterocycles. The number of hydrogen-bond donors (Lipinski definition) is 3. The Labute approximate surface area is 169 Å². The van der Waals surface area contributed by atoms with Gasteiger partial charge in [-0.1, -0.05) is 44.6 Å². The maximum absolute atomic E-state index is 12.2. The van der Waals surface area contributed by atoms with Crippen LogP contribution in [-0.2, 0) is 11.2 Å². The van der Waals surface area contributed by atoms with Gasteiger partial charge in [-0.05, 0) is 37.3 Å². The molecule has 0 aliphatic rings. The third-order valence-corrected chi connectivity index (χ3v) is 4.36. The summed E-state index contributed by atoms with van der Waals surface area (Å²) in [4.78, 5) is 10.8. The Bertz CT molecular complexity index is 745. The van der Waals surface area contributed by atoms with Crippen LogP contribution in [0.25, 0.3) is 0 Å². The molecule has 0 fully saturated rings. The Balaban J connectivity index is 2.98. The second-order valence-electron chi connectivity index (χ2n) is 6.79. The number of aliphatic hydroxyl groups is 1. The molecule has 162 valence electrons. The zero-order chi connectivity index (χ0) is 22.1. The first-order valence-electron chi connectivity index (χ1n) is 9.57. The summed E-state index contributed by atoms with van der Waals surface area (Å²) in [6.07, 6.45) is -2.00. The van der Waals surface area contributed by atoms with Crippen LogP contribution in [0.5, 0.6) is 11.5 Å². The summed E-state index contributed by atoms with van der Waals surface area (Å²) in [5.74, 6) is 3.85. The molecule has 0 bridgehead atoms. The van der Waals surface area contributed by atoms with Gasteiger partial charge in [0, 0.05) is 6.54 Å². The Morgan fingerprint density at radius 3 is 2.34 bits per heavy atom. The van der Waals surface area contributed by atoms with Crippen LogP contribution in [0.2, 0.25) is 0 Å². The number of hydrogen-bond acceptors (Lipinski definition) is 4. The number of amides is 1. The van der Waals surface area contributed by atoms with Gasteiger partial charge in [-0.15, -0.1) is 0 Å². The highest BCUT2D eigenvalue weighted by Gasteiger charge is 2.38. The summed E-state index contributed by atoms with van der Waals surface area (Å²) in [5, 5.41) is 23.0. The molecule has 0 radical (unpaired) electrons. The lowest BCUT2D eigenvalue weighted by atomic mass is 9.92. The third-order valence-electron chi connectivity index (χ3n) is 4.36. The van der Waals surface area contributed by atoms with Crippen molar-refractivity contribution in [1.29, 1.82) is 0 Å². The van der Waals surface area contributed by atoms with Crippen LogP contribution in [-0.4, -0.2) is 41.6 Å². The first-order chi connectivity index (χ1) is 13.6. The van der Waals surface area contributed by atoms with Crippen LogP contribution in [0, 0.1) is 11.8 Å². The third kappa shape index (κ3) is 7.50. The standard InChI is InChI=1S/C21H28F3NO4/c1-4-11-20(28,12-5-2)13-10-16-17(29-3)9-8-15(18(16)26)7-6-14-25-19(27)21(22,23)24/h8-9,26,28H,4-7,11-12,14H2,1-3H3,(H,25,27). The normalized spacial score (nSPS) is 11.6. The number of aryl methyl sites for hydroxylation is 1. The van der Waals surface area contributed by atoms with Crippen LogP contribution < -0.4 is 10.1 Å². The predicted molar refractivity (Wildman–Crippen MR) is 104 cm³/mol. The SMILES string of the molecule is CCCC(O)(C#Cc1c(OC)ccc(CCCNC(=O)C(F)(F)F)c1O)CCC. The van der Waals surface area contributed by atoms with E-state index in [1.54, 1.807) is 17.4 Å². The Morgan fingerprint density at radius 2 is 1.83 bits per heavy atom. The van der Waals surface area contributed by atoms with Crippen molar-refractivity contribution in [2.75, 3.05) is 13.7 Å². The molecule has 0 aromatic heterocycles. The molecule has 5 nitrogen and oxygen atoms in total. The predicted octanol–water partition coefficient (Wildman–Crippen LogP) is 3.69. The maximum Gasteiger partial charge on any atom is 0.471 e. The lowest BCUT2D eigenvalue weighted by molar-refractivity contribution is -0.173. The second kappa shape index (κ2) is 11.0. The topological polar surface area (TPSA) is 78.8 Å². The summed E-state index contributed by atoms with van der Waals surface area (Å²) in [7, 11) is 1.43. The molecule has 1 amide bonds. The van der Waals surface area contributed by atoms with E-state index in [0.29, 0.717) is 24.2 Å². The molecule has 0 saturated carbocycles. The zero-order valence-corrected chi connectivity index (χ0v) is 16.9. The number of alkyl halides is 3. The average molecular weight is 415 g/mol. The molecule has 1 aromatic rings. The molecular weight excluding hydrogens is 387 g/mol. The Kier molecular flexibility index (Phi) is 9.31. The fraction of sp³-hybridized carbons (Fsp3) is 0.571. The Morgan fingerprint density at radius 1 is 1.21 bits per heavy atom. The number of methoxy groups -OCH3 is 1. The fourth-order valence-electron chi connectivity index (χ4n) is 2.95. The van der Waals surface area contributed by atoms with Gasteiger partial charge in [0.15, 0.2) is 0 Å². The van der Waals surface area contributed by atoms with Gasteiger partial charge < -0.3 is 20.3 Å². The molecule has 0 atom stereocenters. The van der Waals surface area contributed by atoms with Crippen molar-refractivity contribution >= 4 is 5.91 Å². The summed E-state index contributed by atoms with van der Waals surface area (Å²) in [5.41, 5.74) is -0.486. The van der Waals surface area contributed by atoms with Gasteiger partial charge >= 0.3 is 12.1 Å². The number of ether oxygens (including phenoxy) is 1. The van der Waals surface area contributed by atoms with Crippen LogP contribution >= 0.6 is 0 Å². The van der Waals surface area contributed by atoms with E-state index >= 15 is 0 Å². The maximum atomic E-state index is 12.2. The monoisotopic (exact) mass is 415 g/mol. The van der Waals surface area contributed by atoms with Gasteiger partial charge in [0.25, 0.3) is 0 Å². The number of carbonyl (C=O) groups excluding carboxylic acids is 1. The van der Waals surface area contributed by atoms with Crippen molar-refractivity contribution in [2.45, 2.75) is 64.1 Å². The molecule has 0 unspecified atom stereocenters. The Hall–Kier alpha value is -2.40. The van der Waals surface area contributed by atoms with Gasteiger partial charge in [0.1, 0.15) is 22.7 Å². The molecule has 0 aliphatic carbocycles. The molecule has 0 aliphatic heterocycles. The molecular formula is C21H28F3NO4. The van der Waals surface area contributed by atoms with Gasteiger partial charge in [0.05, 0.1) is 7.11 Å². The van der Waals surface area contributed by atoms with E-state index < -0.39 is 17.7 Å². The van der Waals surface area contributed by atoms with Gasteiger partial charge in [-0.25, -0.2) is 0 Å². The van der Waals surface area contributed by atoms with Crippen LogP contribution in [0.1, 0.15) is 57.1 Å². The largest absolute Gasteiger partial charge is 0.506 e. The van der Waals surface area contributed by atoms with E-state index in [0.717, 1.165) is 12.8 Å². The van der Waals surface area contributed by atoms with Crippen molar-refractivity contribution in [2.24, 2.45) is 0 Å². The van der Waals surface area contributed by atoms with Crippen molar-refractivity contribution in [3.8, 4) is 23.3 Å². The van der Waals surface area contributed by atoms with E-state index in [1.165, 1.54) is 7.11 Å². The van der Waals surface area contributed by atoms with Gasteiger partial charge in [-0.3, -0.25) is 4.79 Å². The summed E-state index contributed by atoms with van der Waals surface area (Å²) < 4.78 is 41.8. The number of nitrogens with one attached hydrogen (secondary N) is 1. The summed E-state index contributed by atoms with van der Waals surface area (Å²) >= 11 is 0. The number of phenols is 1. The van der Waals surface area contributed by atoms with Crippen LogP contribution in [0.15, 0.2) is 12.1 Å². The smallest absolute Gasteiger partial charge is 0.471 e. The molecule has 1 rings (SSSR count). The lowest BCUT2D eigenvalue weighted by Gasteiger charge is -2.20. The van der Waals surface area contributed by atoms with E-state index in [1.807, 2.05) is 13.8 Å². The van der Waals surface area contributed by atoms with Crippen molar-refractivity contribution in [1.82, 2.24) is 5.32 Å². The summed E-state index contributed by atoms with van der Waals surface area (Å²) in [6, 6.07) is 3.20. The molecule has 8 heteroatoms. The summed E-state index contributed by atoms with van der Waals surface area (Å²) in [6.45, 7) is 3.70. The highest BCUT2D eigenvalue weighted by molar-refractivity contribution is 5.81. The van der Waals surface area contributed by atoms with E-state index in [2.05, 4.69) is 11.8 Å². The molecule has 3 N–H and O–H groups in total. The number of benzene rings is 1. The van der Waals surface area contributed by atoms with Gasteiger partial charge in [0.2, 0.25) is 0 Å². The quantitative estimate of drug-likeness (QED) is 0.425. The number of phenolic OH excluding ortho intramolecular Hbond substituents is 1. The first kappa shape index (κ1) is 24.6. The number of carbonyl (C=O) groups is 1. The minimum atomic E-state index is -4.92. The van der Waals surface area contributed by atoms with Crippen molar-refractivity contribution in [3.63, 3.8) is 0 Å². The number of halogens is 3. The second-order valence-corrected chi connectivity index (χ2v) is 6.79. The van der Waals surface area contributed by atoms with Crippen LogP contribution in [0.3, 0.4) is 0 Å². The zero-order valence-electron chi connectivity index (χ0n) is 16.9. The highest BCUT2D eigenvalue weighted by Crippen LogP contribution is 2.32. The van der Waals surface area contributed by atoms with E-state index in [4.69, 9.17) is 4.74 Å². The molecule has 0 spiro atoms. The molecule has 29 heavy (non-hydrogen) atoms. The number of rotatable bonds is 9. The highest BCUT2D eigenvalue weighted by atomic mass is 19.4. The van der Waals surface area contributed by atoms with Crippen LogP contribution in [0.4, 0.5) is 13.2 Å². The first-order valence-corrected chi connectivity index (χ1v) is 9.57. The minimum Gasteiger partial charge on any atom is -0.506 e.